The highest BCUT2D eigenvalue weighted by molar-refractivity contribution is 6.30. The second-order valence-electron chi connectivity index (χ2n) is 8.85. The molecule has 2 aromatic carbocycles. The van der Waals surface area contributed by atoms with Gasteiger partial charge in [0.1, 0.15) is 12.4 Å². The van der Waals surface area contributed by atoms with Crippen molar-refractivity contribution in [1.82, 2.24) is 25.6 Å². The molecule has 0 atom stereocenters. The van der Waals surface area contributed by atoms with Gasteiger partial charge in [0.2, 0.25) is 0 Å². The molecule has 5 rings (SSSR count). The quantitative estimate of drug-likeness (QED) is 0.289. The molecule has 0 unspecified atom stereocenters. The smallest absolute Gasteiger partial charge is 0.255 e. The third-order valence-electron chi connectivity index (χ3n) is 6.15. The van der Waals surface area contributed by atoms with E-state index < -0.39 is 5.82 Å². The van der Waals surface area contributed by atoms with Crippen molar-refractivity contribution >= 4 is 29.0 Å². The summed E-state index contributed by atoms with van der Waals surface area (Å²) in [6.45, 7) is 1.98. The van der Waals surface area contributed by atoms with E-state index in [2.05, 4.69) is 30.9 Å². The molecule has 1 aliphatic rings. The maximum atomic E-state index is 14.6. The lowest BCUT2D eigenvalue weighted by Gasteiger charge is -2.24. The number of benzene rings is 2. The Morgan fingerprint density at radius 2 is 1.92 bits per heavy atom. The molecular formula is C28H26ClFN6O2. The molecule has 0 spiro atoms. The van der Waals surface area contributed by atoms with Crippen LogP contribution in [0.4, 0.5) is 15.9 Å². The van der Waals surface area contributed by atoms with Crippen LogP contribution in [0.5, 0.6) is 5.75 Å². The van der Waals surface area contributed by atoms with Crippen molar-refractivity contribution in [2.24, 2.45) is 0 Å². The molecule has 1 aliphatic heterocycles. The first-order chi connectivity index (χ1) is 18.6. The predicted molar refractivity (Wildman–Crippen MR) is 144 cm³/mol. The Hall–Kier alpha value is -4.08. The Labute approximate surface area is 224 Å². The van der Waals surface area contributed by atoms with Gasteiger partial charge in [0, 0.05) is 23.5 Å². The van der Waals surface area contributed by atoms with E-state index in [1.165, 1.54) is 30.6 Å². The maximum Gasteiger partial charge on any atom is 0.255 e. The van der Waals surface area contributed by atoms with Gasteiger partial charge in [-0.3, -0.25) is 9.78 Å². The molecule has 8 nitrogen and oxygen atoms in total. The predicted octanol–water partition coefficient (Wildman–Crippen LogP) is 5.14. The highest BCUT2D eigenvalue weighted by Crippen LogP contribution is 2.31. The Morgan fingerprint density at radius 3 is 2.74 bits per heavy atom. The number of pyridine rings is 1. The van der Waals surface area contributed by atoms with Gasteiger partial charge >= 0.3 is 0 Å². The van der Waals surface area contributed by atoms with Gasteiger partial charge in [0.15, 0.2) is 17.4 Å². The van der Waals surface area contributed by atoms with E-state index in [4.69, 9.17) is 16.3 Å². The fourth-order valence-corrected chi connectivity index (χ4v) is 4.31. The summed E-state index contributed by atoms with van der Waals surface area (Å²) in [6, 6.07) is 15.6. The van der Waals surface area contributed by atoms with Crippen LogP contribution >= 0.6 is 11.6 Å². The highest BCUT2D eigenvalue weighted by Gasteiger charge is 2.20. The third kappa shape index (κ3) is 6.24. The number of hydrogen-bond donors (Lipinski definition) is 3. The fourth-order valence-electron chi connectivity index (χ4n) is 4.14. The van der Waals surface area contributed by atoms with Gasteiger partial charge in [-0.2, -0.15) is 0 Å². The van der Waals surface area contributed by atoms with E-state index in [0.717, 1.165) is 31.5 Å². The number of ether oxygens (including phenoxy) is 1. The molecule has 0 radical (unpaired) electrons. The van der Waals surface area contributed by atoms with Gasteiger partial charge in [-0.25, -0.2) is 14.4 Å². The van der Waals surface area contributed by atoms with E-state index in [0.29, 0.717) is 22.0 Å². The van der Waals surface area contributed by atoms with Crippen molar-refractivity contribution in [1.29, 1.82) is 0 Å². The minimum Gasteiger partial charge on any atom is -0.483 e. The van der Waals surface area contributed by atoms with Crippen LogP contribution in [0, 0.1) is 5.82 Å². The number of carbonyl (C=O) groups is 1. The number of piperidine rings is 1. The zero-order valence-electron chi connectivity index (χ0n) is 20.5. The highest BCUT2D eigenvalue weighted by atomic mass is 35.5. The lowest BCUT2D eigenvalue weighted by molar-refractivity contribution is 0.0930. The molecule has 3 N–H and O–H groups in total. The number of aromatic nitrogens is 3. The van der Waals surface area contributed by atoms with E-state index in [1.54, 1.807) is 12.3 Å². The SMILES string of the molecule is O=C(NC1CCNCC1)c1cnccc1Nc1nc(-c2cc(Cl)ccc2F)ncc1OCc1ccccc1. The minimum absolute atomic E-state index is 0.0815. The topological polar surface area (TPSA) is 101 Å². The van der Waals surface area contributed by atoms with Crippen molar-refractivity contribution in [3.05, 3.63) is 95.2 Å². The summed E-state index contributed by atoms with van der Waals surface area (Å²) in [5, 5.41) is 9.93. The molecular weight excluding hydrogens is 507 g/mol. The molecule has 4 aromatic rings. The van der Waals surface area contributed by atoms with Crippen LogP contribution in [0.1, 0.15) is 28.8 Å². The van der Waals surface area contributed by atoms with Crippen LogP contribution in [-0.4, -0.2) is 40.0 Å². The van der Waals surface area contributed by atoms with Gasteiger partial charge < -0.3 is 20.7 Å². The summed E-state index contributed by atoms with van der Waals surface area (Å²) < 4.78 is 20.7. The molecule has 1 fully saturated rings. The summed E-state index contributed by atoms with van der Waals surface area (Å²) >= 11 is 6.10. The van der Waals surface area contributed by atoms with Crippen molar-refractivity contribution in [3.63, 3.8) is 0 Å². The number of halogens is 2. The van der Waals surface area contributed by atoms with Crippen molar-refractivity contribution in [3.8, 4) is 17.1 Å². The van der Waals surface area contributed by atoms with E-state index in [1.807, 2.05) is 30.3 Å². The van der Waals surface area contributed by atoms with Crippen LogP contribution in [0.2, 0.25) is 5.02 Å². The second-order valence-corrected chi connectivity index (χ2v) is 9.29. The molecule has 1 saturated heterocycles. The summed E-state index contributed by atoms with van der Waals surface area (Å²) in [5.74, 6) is -0.0259. The average molecular weight is 533 g/mol. The summed E-state index contributed by atoms with van der Waals surface area (Å²) in [6.07, 6.45) is 6.26. The molecule has 2 aromatic heterocycles. The molecule has 0 saturated carbocycles. The van der Waals surface area contributed by atoms with Gasteiger partial charge in [0.05, 0.1) is 23.0 Å². The van der Waals surface area contributed by atoms with Crippen LogP contribution in [0.15, 0.2) is 73.2 Å². The number of carbonyl (C=O) groups excluding carboxylic acids is 1. The minimum atomic E-state index is -0.510. The maximum absolute atomic E-state index is 14.6. The lowest BCUT2D eigenvalue weighted by Crippen LogP contribution is -2.42. The van der Waals surface area contributed by atoms with Gasteiger partial charge in [-0.1, -0.05) is 41.9 Å². The largest absolute Gasteiger partial charge is 0.483 e. The zero-order valence-corrected chi connectivity index (χ0v) is 21.2. The number of hydrogen-bond acceptors (Lipinski definition) is 7. The Morgan fingerprint density at radius 1 is 1.11 bits per heavy atom. The molecule has 0 bridgehead atoms. The van der Waals surface area contributed by atoms with Gasteiger partial charge in [0.25, 0.3) is 5.91 Å². The Balaban J connectivity index is 1.47. The van der Waals surface area contributed by atoms with Crippen LogP contribution in [0.25, 0.3) is 11.4 Å². The number of nitrogens with zero attached hydrogens (tertiary/aromatic N) is 3. The van der Waals surface area contributed by atoms with Crippen molar-refractivity contribution < 1.29 is 13.9 Å². The average Bonchev–Trinajstić information content (AvgIpc) is 2.95. The van der Waals surface area contributed by atoms with Crippen LogP contribution < -0.4 is 20.7 Å². The lowest BCUT2D eigenvalue weighted by atomic mass is 10.1. The van der Waals surface area contributed by atoms with E-state index in [-0.39, 0.29) is 35.8 Å². The van der Waals surface area contributed by atoms with E-state index in [9.17, 15) is 9.18 Å². The van der Waals surface area contributed by atoms with E-state index >= 15 is 0 Å². The van der Waals surface area contributed by atoms with Crippen LogP contribution in [0.3, 0.4) is 0 Å². The molecule has 0 aliphatic carbocycles. The first-order valence-corrected chi connectivity index (χ1v) is 12.7. The van der Waals surface area contributed by atoms with Crippen molar-refractivity contribution in [2.45, 2.75) is 25.5 Å². The van der Waals surface area contributed by atoms with Gasteiger partial charge in [-0.15, -0.1) is 0 Å². The van der Waals surface area contributed by atoms with Gasteiger partial charge in [-0.05, 0) is 55.8 Å². The molecule has 3 heterocycles. The van der Waals surface area contributed by atoms with Crippen molar-refractivity contribution in [2.75, 3.05) is 18.4 Å². The zero-order chi connectivity index (χ0) is 26.3. The number of amides is 1. The second kappa shape index (κ2) is 12.0. The monoisotopic (exact) mass is 532 g/mol. The standard InChI is InChI=1S/C28H26ClFN6O2/c29-19-6-7-23(30)21(14-19)26-33-16-25(38-17-18-4-2-1-3-5-18)27(36-26)35-24-10-13-32-15-22(24)28(37)34-20-8-11-31-12-9-20/h1-7,10,13-16,20,31H,8-9,11-12,17H2,(H,34,37)(H,32,33,35,36). The Kier molecular flexibility index (Phi) is 8.06. The molecule has 38 heavy (non-hydrogen) atoms. The first-order valence-electron chi connectivity index (χ1n) is 12.3. The normalized spacial score (nSPS) is 13.6. The fraction of sp³-hybridized carbons (Fsp3) is 0.214. The number of rotatable bonds is 8. The summed E-state index contributed by atoms with van der Waals surface area (Å²) in [5.41, 5.74) is 1.93. The number of nitrogens with one attached hydrogen (secondary N) is 3. The molecule has 10 heteroatoms. The first kappa shape index (κ1) is 25.6. The summed E-state index contributed by atoms with van der Waals surface area (Å²) in [4.78, 5) is 26.2. The molecule has 194 valence electrons. The number of anilines is 2. The third-order valence-corrected chi connectivity index (χ3v) is 6.39. The summed E-state index contributed by atoms with van der Waals surface area (Å²) in [7, 11) is 0. The molecule has 1 amide bonds. The van der Waals surface area contributed by atoms with Crippen LogP contribution in [-0.2, 0) is 6.61 Å². The Bertz CT molecular complexity index is 1420.